The van der Waals surface area contributed by atoms with E-state index in [1.807, 2.05) is 0 Å². The predicted octanol–water partition coefficient (Wildman–Crippen LogP) is 2.26. The van der Waals surface area contributed by atoms with E-state index in [4.69, 9.17) is 10.6 Å². The third-order valence-corrected chi connectivity index (χ3v) is 4.99. The van der Waals surface area contributed by atoms with Crippen LogP contribution in [0.4, 0.5) is 20.7 Å². The average molecular weight is 411 g/mol. The molecule has 1 aromatic carbocycles. The molecule has 1 fully saturated rings. The second kappa shape index (κ2) is 7.85. The van der Waals surface area contributed by atoms with Crippen molar-refractivity contribution in [3.8, 4) is 11.1 Å². The van der Waals surface area contributed by atoms with Gasteiger partial charge < -0.3 is 15.9 Å². The van der Waals surface area contributed by atoms with Crippen molar-refractivity contribution in [1.29, 1.82) is 0 Å². The molecule has 2 amide bonds. The summed E-state index contributed by atoms with van der Waals surface area (Å²) < 4.78 is 20.2. The molecule has 2 aromatic rings. The number of benzene rings is 1. The number of carbonyl (C=O) groups is 2. The highest BCUT2D eigenvalue weighted by Gasteiger charge is 2.47. The zero-order chi connectivity index (χ0) is 21.3. The van der Waals surface area contributed by atoms with Crippen molar-refractivity contribution >= 4 is 29.8 Å². The molecule has 30 heavy (non-hydrogen) atoms. The van der Waals surface area contributed by atoms with Crippen molar-refractivity contribution in [3.63, 3.8) is 0 Å². The van der Waals surface area contributed by atoms with Crippen molar-refractivity contribution in [1.82, 2.24) is 10.3 Å². The Morgan fingerprint density at radius 2 is 2.30 bits per heavy atom. The minimum atomic E-state index is -0.542. The van der Waals surface area contributed by atoms with E-state index in [1.165, 1.54) is 24.1 Å². The highest BCUT2D eigenvalue weighted by atomic mass is 19.1. The van der Waals surface area contributed by atoms with Gasteiger partial charge >= 0.3 is 6.09 Å². The largest absolute Gasteiger partial charge is 0.442 e. The fourth-order valence-corrected chi connectivity index (χ4v) is 3.67. The van der Waals surface area contributed by atoms with E-state index in [0.29, 0.717) is 29.1 Å². The van der Waals surface area contributed by atoms with Crippen LogP contribution in [0.3, 0.4) is 0 Å². The van der Waals surface area contributed by atoms with Crippen molar-refractivity contribution in [2.75, 3.05) is 11.4 Å². The fourth-order valence-electron chi connectivity index (χ4n) is 3.67. The molecule has 154 valence electrons. The number of nitrogens with two attached hydrogens (primary N) is 1. The molecule has 0 radical (unpaired) electrons. The molecular formula is C19H18FN7O3. The molecule has 2 aliphatic heterocycles. The summed E-state index contributed by atoms with van der Waals surface area (Å²) >= 11 is 0. The Hall–Kier alpha value is -3.89. The van der Waals surface area contributed by atoms with E-state index < -0.39 is 18.0 Å². The lowest BCUT2D eigenvalue weighted by atomic mass is 10.00. The molecule has 0 aliphatic carbocycles. The van der Waals surface area contributed by atoms with Crippen LogP contribution in [0.25, 0.3) is 11.1 Å². The van der Waals surface area contributed by atoms with E-state index in [2.05, 4.69) is 25.6 Å². The number of aliphatic imine (C=N–C) groups is 1. The summed E-state index contributed by atoms with van der Waals surface area (Å²) in [7, 11) is 0. The lowest BCUT2D eigenvalue weighted by Gasteiger charge is -2.16. The van der Waals surface area contributed by atoms with Crippen LogP contribution in [0.5, 0.6) is 0 Å². The number of aromatic nitrogens is 1. The first-order valence-electron chi connectivity index (χ1n) is 9.13. The van der Waals surface area contributed by atoms with Gasteiger partial charge in [0.15, 0.2) is 5.82 Å². The number of amides is 2. The van der Waals surface area contributed by atoms with Gasteiger partial charge in [-0.05, 0) is 36.2 Å². The highest BCUT2D eigenvalue weighted by molar-refractivity contribution is 5.94. The molecule has 0 bridgehead atoms. The number of cyclic esters (lactones) is 1. The normalized spacial score (nSPS) is 19.9. The van der Waals surface area contributed by atoms with Crippen molar-refractivity contribution < 1.29 is 18.7 Å². The van der Waals surface area contributed by atoms with Crippen molar-refractivity contribution in [3.05, 3.63) is 41.8 Å². The lowest BCUT2D eigenvalue weighted by Crippen LogP contribution is -2.40. The monoisotopic (exact) mass is 411 g/mol. The number of carbonyl (C=O) groups excluding carboxylic acids is 2. The summed E-state index contributed by atoms with van der Waals surface area (Å²) in [5.41, 5.74) is 2.25. The minimum absolute atomic E-state index is 0.209. The van der Waals surface area contributed by atoms with Gasteiger partial charge in [-0.15, -0.1) is 5.11 Å². The Morgan fingerprint density at radius 1 is 1.47 bits per heavy atom. The Labute approximate surface area is 170 Å². The standard InChI is InChI=1S/C19H18FN7O3/c1-10(28)22-8-17-16-5-12-4-13(14(20)6-15(12)27(16)19(29)30-17)11-2-3-18(23-7-11)24-9-25-26-21/h2-4,6-7,9,16-17H,5,8H2,1H3,(H,22,28)(H2,21,23,24,25)/t16-,17-/m0/s1. The average Bonchev–Trinajstić information content (AvgIpc) is 3.23. The van der Waals surface area contributed by atoms with Crippen LogP contribution in [0.15, 0.2) is 45.8 Å². The SMILES string of the molecule is CC(=O)NC[C@@H]1OC(=O)N2c3cc(F)c(-c4ccc(N=CN=NN)nc4)cc3C[C@@H]12. The quantitative estimate of drug-likeness (QED) is 0.256. The predicted molar refractivity (Wildman–Crippen MR) is 106 cm³/mol. The number of hydrogen-bond acceptors (Lipinski definition) is 6. The number of ether oxygens (including phenoxy) is 1. The summed E-state index contributed by atoms with van der Waals surface area (Å²) in [5.74, 6) is 4.57. The second-order valence-electron chi connectivity index (χ2n) is 6.84. The molecule has 4 rings (SSSR count). The molecule has 11 heteroatoms. The number of fused-ring (bicyclic) bond motifs is 3. The maximum absolute atomic E-state index is 14.9. The molecule has 1 saturated heterocycles. The molecule has 0 spiro atoms. The van der Waals surface area contributed by atoms with Crippen molar-refractivity contribution in [2.24, 2.45) is 21.2 Å². The van der Waals surface area contributed by atoms with Gasteiger partial charge in [0.2, 0.25) is 5.91 Å². The smallest absolute Gasteiger partial charge is 0.415 e. The topological polar surface area (TPSA) is 135 Å². The molecule has 3 N–H and O–H groups in total. The summed E-state index contributed by atoms with van der Waals surface area (Å²) in [5, 5.41) is 9.13. The molecule has 2 atom stereocenters. The molecule has 10 nitrogen and oxygen atoms in total. The number of anilines is 1. The van der Waals surface area contributed by atoms with Crippen molar-refractivity contribution in [2.45, 2.75) is 25.5 Å². The van der Waals surface area contributed by atoms with Crippen LogP contribution in [0.2, 0.25) is 0 Å². The number of pyridine rings is 1. The Bertz CT molecular complexity index is 1050. The Balaban J connectivity index is 1.59. The fraction of sp³-hybridized carbons (Fsp3) is 0.263. The summed E-state index contributed by atoms with van der Waals surface area (Å²) in [6, 6.07) is 6.06. The maximum Gasteiger partial charge on any atom is 0.415 e. The summed E-state index contributed by atoms with van der Waals surface area (Å²) in [4.78, 5) is 33.0. The van der Waals surface area contributed by atoms with Gasteiger partial charge in [0.1, 0.15) is 18.3 Å². The van der Waals surface area contributed by atoms with E-state index in [-0.39, 0.29) is 18.5 Å². The molecule has 0 saturated carbocycles. The number of nitrogens with one attached hydrogen (secondary N) is 1. The van der Waals surface area contributed by atoms with Gasteiger partial charge in [0, 0.05) is 24.2 Å². The molecule has 2 aliphatic rings. The first-order chi connectivity index (χ1) is 14.5. The number of halogens is 1. The maximum atomic E-state index is 14.9. The van der Waals surface area contributed by atoms with Crippen LogP contribution in [0, 0.1) is 5.82 Å². The molecular weight excluding hydrogens is 393 g/mol. The number of rotatable bonds is 5. The van der Waals surface area contributed by atoms with Crippen LogP contribution >= 0.6 is 0 Å². The molecule has 3 heterocycles. The highest BCUT2D eigenvalue weighted by Crippen LogP contribution is 2.41. The number of hydrogen-bond donors (Lipinski definition) is 2. The Kier molecular flexibility index (Phi) is 5.09. The van der Waals surface area contributed by atoms with Crippen LogP contribution < -0.4 is 16.1 Å². The first kappa shape index (κ1) is 19.4. The van der Waals surface area contributed by atoms with Crippen LogP contribution in [-0.4, -0.2) is 42.0 Å². The van der Waals surface area contributed by atoms with Gasteiger partial charge in [-0.1, -0.05) is 5.22 Å². The van der Waals surface area contributed by atoms with Crippen LogP contribution in [-0.2, 0) is 16.0 Å². The van der Waals surface area contributed by atoms with Gasteiger partial charge in [0.05, 0.1) is 18.3 Å². The van der Waals surface area contributed by atoms with E-state index in [0.717, 1.165) is 11.9 Å². The van der Waals surface area contributed by atoms with E-state index in [1.54, 1.807) is 18.2 Å². The van der Waals surface area contributed by atoms with Gasteiger partial charge in [0.25, 0.3) is 0 Å². The van der Waals surface area contributed by atoms with Gasteiger partial charge in [-0.2, -0.15) is 0 Å². The third-order valence-electron chi connectivity index (χ3n) is 4.99. The Morgan fingerprint density at radius 3 is 3.00 bits per heavy atom. The zero-order valence-electron chi connectivity index (χ0n) is 15.9. The first-order valence-corrected chi connectivity index (χ1v) is 9.13. The molecule has 0 unspecified atom stereocenters. The summed E-state index contributed by atoms with van der Waals surface area (Å²) in [6.45, 7) is 1.60. The minimum Gasteiger partial charge on any atom is -0.442 e. The third kappa shape index (κ3) is 3.56. The second-order valence-corrected chi connectivity index (χ2v) is 6.84. The van der Waals surface area contributed by atoms with Gasteiger partial charge in [-0.3, -0.25) is 9.69 Å². The molecule has 1 aromatic heterocycles. The van der Waals surface area contributed by atoms with E-state index >= 15 is 0 Å². The van der Waals surface area contributed by atoms with Crippen LogP contribution in [0.1, 0.15) is 12.5 Å². The lowest BCUT2D eigenvalue weighted by molar-refractivity contribution is -0.119. The van der Waals surface area contributed by atoms with Gasteiger partial charge in [-0.25, -0.2) is 19.2 Å². The number of nitrogens with zero attached hydrogens (tertiary/aromatic N) is 5. The van der Waals surface area contributed by atoms with E-state index in [9.17, 15) is 14.0 Å². The zero-order valence-corrected chi connectivity index (χ0v) is 15.9. The summed E-state index contributed by atoms with van der Waals surface area (Å²) in [6.07, 6.45) is 2.12.